The molecule has 0 bridgehead atoms. The lowest BCUT2D eigenvalue weighted by Crippen LogP contribution is -2.13. The van der Waals surface area contributed by atoms with Crippen molar-refractivity contribution in [1.82, 2.24) is 0 Å². The van der Waals surface area contributed by atoms with Crippen molar-refractivity contribution in [1.29, 1.82) is 0 Å². The molecule has 0 fully saturated rings. The molecule has 4 aromatic carbocycles. The number of para-hydroxylation sites is 1. The monoisotopic (exact) mass is 573 g/mol. The van der Waals surface area contributed by atoms with Crippen LogP contribution in [0.25, 0.3) is 10.8 Å². The molecule has 0 radical (unpaired) electrons. The van der Waals surface area contributed by atoms with Crippen molar-refractivity contribution in [2.45, 2.75) is 18.2 Å². The molecule has 38 heavy (non-hydrogen) atoms. The van der Waals surface area contributed by atoms with Crippen molar-refractivity contribution >= 4 is 67.1 Å². The average molecular weight is 574 g/mol. The van der Waals surface area contributed by atoms with Gasteiger partial charge in [-0.15, -0.1) is 10.2 Å². The number of halogens is 2. The van der Waals surface area contributed by atoms with Gasteiger partial charge in [0.15, 0.2) is 5.75 Å². The van der Waals surface area contributed by atoms with Crippen molar-refractivity contribution in [3.63, 3.8) is 0 Å². The highest BCUT2D eigenvalue weighted by Crippen LogP contribution is 2.42. The van der Waals surface area contributed by atoms with E-state index >= 15 is 0 Å². The zero-order chi connectivity index (χ0) is 27.6. The van der Waals surface area contributed by atoms with E-state index < -0.39 is 26.7 Å². The summed E-state index contributed by atoms with van der Waals surface area (Å²) in [4.78, 5) is 12.8. The molecule has 196 valence electrons. The van der Waals surface area contributed by atoms with E-state index in [0.717, 1.165) is 6.07 Å². The first-order valence-corrected chi connectivity index (χ1v) is 13.4. The van der Waals surface area contributed by atoms with E-state index in [2.05, 4.69) is 15.5 Å². The zero-order valence-corrected chi connectivity index (χ0v) is 22.4. The normalized spacial score (nSPS) is 11.7. The van der Waals surface area contributed by atoms with E-state index in [9.17, 15) is 22.9 Å². The molecule has 0 atom stereocenters. The van der Waals surface area contributed by atoms with Crippen LogP contribution in [-0.2, 0) is 16.5 Å². The highest BCUT2D eigenvalue weighted by molar-refractivity contribution is 7.86. The van der Waals surface area contributed by atoms with Crippen molar-refractivity contribution in [2.24, 2.45) is 10.2 Å². The summed E-state index contributed by atoms with van der Waals surface area (Å²) >= 11 is 12.5. The van der Waals surface area contributed by atoms with Gasteiger partial charge in [0, 0.05) is 10.4 Å². The Kier molecular flexibility index (Phi) is 7.89. The molecule has 0 spiro atoms. The van der Waals surface area contributed by atoms with Gasteiger partial charge in [-0.2, -0.15) is 8.42 Å². The number of carbonyl (C=O) groups excluding carboxylic acids is 1. The Morgan fingerprint density at radius 3 is 2.39 bits per heavy atom. The van der Waals surface area contributed by atoms with Crippen LogP contribution in [0.1, 0.15) is 22.8 Å². The van der Waals surface area contributed by atoms with E-state index in [4.69, 9.17) is 27.9 Å². The number of hydrogen-bond acceptors (Lipinski definition) is 7. The molecule has 12 heteroatoms. The Labute approximate surface area is 228 Å². The topological polar surface area (TPSA) is 138 Å². The second-order valence-electron chi connectivity index (χ2n) is 8.01. The summed E-state index contributed by atoms with van der Waals surface area (Å²) in [5, 5.41) is 23.5. The van der Waals surface area contributed by atoms with Crippen LogP contribution in [0.2, 0.25) is 10.0 Å². The van der Waals surface area contributed by atoms with E-state index in [1.807, 2.05) is 0 Å². The molecule has 4 rings (SSSR count). The summed E-state index contributed by atoms with van der Waals surface area (Å²) in [5.41, 5.74) is 0.122. The average Bonchev–Trinajstić information content (AvgIpc) is 2.88. The quantitative estimate of drug-likeness (QED) is 0.156. The molecule has 1 amide bonds. The molecule has 0 aliphatic carbocycles. The summed E-state index contributed by atoms with van der Waals surface area (Å²) < 4.78 is 39.0. The van der Waals surface area contributed by atoms with Crippen LogP contribution in [0, 0.1) is 0 Å². The molecule has 0 heterocycles. The van der Waals surface area contributed by atoms with Crippen molar-refractivity contribution in [3.8, 4) is 11.5 Å². The number of amides is 1. The van der Waals surface area contributed by atoms with E-state index in [1.165, 1.54) is 19.2 Å². The number of phenols is 1. The zero-order valence-electron chi connectivity index (χ0n) is 20.1. The number of rotatable bonds is 7. The second kappa shape index (κ2) is 11.0. The maximum atomic E-state index is 13.3. The summed E-state index contributed by atoms with van der Waals surface area (Å²) in [6, 6.07) is 15.6. The summed E-state index contributed by atoms with van der Waals surface area (Å²) in [6.45, 7) is 1.73. The standard InChI is InChI=1S/C26H21Cl2N3O6S/c1-3-15-18(27)11-12-21(38(34,35)36)22(15)30-31-23-16-8-5-4-7-14(16)13-17(25(23)32)26(33)29-24-19(28)9-6-10-20(24)37-2/h4-13,32H,3H2,1-2H3,(H,29,33)(H,34,35,36). The summed E-state index contributed by atoms with van der Waals surface area (Å²) in [7, 11) is -3.24. The molecule has 4 aromatic rings. The minimum atomic E-state index is -4.67. The lowest BCUT2D eigenvalue weighted by Gasteiger charge is -2.14. The van der Waals surface area contributed by atoms with Gasteiger partial charge in [-0.3, -0.25) is 9.35 Å². The van der Waals surface area contributed by atoms with Gasteiger partial charge in [-0.05, 0) is 47.7 Å². The molecule has 0 aliphatic heterocycles. The van der Waals surface area contributed by atoms with Crippen LogP contribution >= 0.6 is 23.2 Å². The summed E-state index contributed by atoms with van der Waals surface area (Å²) in [5.74, 6) is -0.895. The third kappa shape index (κ3) is 5.30. The molecule has 0 saturated heterocycles. The first kappa shape index (κ1) is 27.3. The molecule has 0 aliphatic rings. The largest absolute Gasteiger partial charge is 0.505 e. The fourth-order valence-electron chi connectivity index (χ4n) is 3.91. The summed E-state index contributed by atoms with van der Waals surface area (Å²) in [6.07, 6.45) is 0.283. The molecule has 0 unspecified atom stereocenters. The lowest BCUT2D eigenvalue weighted by molar-refractivity contribution is 0.102. The number of anilines is 1. The fraction of sp³-hybridized carbons (Fsp3) is 0.115. The Morgan fingerprint density at radius 2 is 1.71 bits per heavy atom. The number of nitrogens with zero attached hydrogens (tertiary/aromatic N) is 2. The highest BCUT2D eigenvalue weighted by Gasteiger charge is 2.23. The maximum absolute atomic E-state index is 13.3. The highest BCUT2D eigenvalue weighted by atomic mass is 35.5. The van der Waals surface area contributed by atoms with Crippen LogP contribution in [-0.4, -0.2) is 31.1 Å². The Hall–Kier alpha value is -3.70. The molecule has 0 saturated carbocycles. The SMILES string of the molecule is CCc1c(Cl)ccc(S(=O)(=O)O)c1N=Nc1c(O)c(C(=O)Nc2c(Cl)cccc2OC)cc2ccccc12. The van der Waals surface area contributed by atoms with Gasteiger partial charge in [0.2, 0.25) is 0 Å². The number of fused-ring (bicyclic) bond motifs is 1. The van der Waals surface area contributed by atoms with Gasteiger partial charge in [-0.25, -0.2) is 0 Å². The number of carbonyl (C=O) groups is 1. The van der Waals surface area contributed by atoms with Gasteiger partial charge < -0.3 is 15.2 Å². The van der Waals surface area contributed by atoms with Crippen molar-refractivity contribution in [2.75, 3.05) is 12.4 Å². The number of azo groups is 1. The predicted molar refractivity (Wildman–Crippen MR) is 146 cm³/mol. The van der Waals surface area contributed by atoms with Crippen LogP contribution in [0.5, 0.6) is 11.5 Å². The number of benzene rings is 4. The predicted octanol–water partition coefficient (Wildman–Crippen LogP) is 7.34. The Bertz CT molecular complexity index is 1710. The van der Waals surface area contributed by atoms with Gasteiger partial charge in [0.05, 0.1) is 17.7 Å². The third-order valence-corrected chi connectivity index (χ3v) is 7.30. The van der Waals surface area contributed by atoms with Crippen molar-refractivity contribution < 1.29 is 27.6 Å². The van der Waals surface area contributed by atoms with Crippen LogP contribution in [0.3, 0.4) is 0 Å². The third-order valence-electron chi connectivity index (χ3n) is 5.74. The smallest absolute Gasteiger partial charge is 0.296 e. The maximum Gasteiger partial charge on any atom is 0.296 e. The number of phenolic OH excluding ortho intramolecular Hbond substituents is 1. The van der Waals surface area contributed by atoms with Gasteiger partial charge >= 0.3 is 0 Å². The molecular formula is C26H21Cl2N3O6S. The minimum Gasteiger partial charge on any atom is -0.505 e. The number of hydrogen-bond donors (Lipinski definition) is 3. The van der Waals surface area contributed by atoms with Crippen LogP contribution < -0.4 is 10.1 Å². The Balaban J connectivity index is 1.89. The fourth-order valence-corrected chi connectivity index (χ4v) is 5.06. The van der Waals surface area contributed by atoms with Gasteiger partial charge in [0.25, 0.3) is 16.0 Å². The van der Waals surface area contributed by atoms with Crippen molar-refractivity contribution in [3.05, 3.63) is 81.8 Å². The minimum absolute atomic E-state index is 0.0947. The first-order valence-electron chi connectivity index (χ1n) is 11.2. The van der Waals surface area contributed by atoms with Crippen LogP contribution in [0.15, 0.2) is 75.8 Å². The van der Waals surface area contributed by atoms with E-state index in [-0.39, 0.29) is 39.1 Å². The second-order valence-corrected chi connectivity index (χ2v) is 10.2. The number of nitrogens with one attached hydrogen (secondary N) is 1. The van der Waals surface area contributed by atoms with Gasteiger partial charge in [-0.1, -0.05) is 60.5 Å². The molecule has 3 N–H and O–H groups in total. The molecule has 0 aromatic heterocycles. The Morgan fingerprint density at radius 1 is 1.00 bits per heavy atom. The van der Waals surface area contributed by atoms with Crippen LogP contribution in [0.4, 0.5) is 17.1 Å². The molecular weight excluding hydrogens is 553 g/mol. The van der Waals surface area contributed by atoms with E-state index in [0.29, 0.717) is 22.1 Å². The number of methoxy groups -OCH3 is 1. The van der Waals surface area contributed by atoms with E-state index in [1.54, 1.807) is 49.4 Å². The molecule has 9 nitrogen and oxygen atoms in total. The van der Waals surface area contributed by atoms with Gasteiger partial charge in [0.1, 0.15) is 27.7 Å². The first-order chi connectivity index (χ1) is 18.1. The number of ether oxygens (including phenoxy) is 1. The lowest BCUT2D eigenvalue weighted by atomic mass is 10.0. The number of aromatic hydroxyl groups is 1.